The fraction of sp³-hybridized carbons (Fsp3) is 0.941. The van der Waals surface area contributed by atoms with Crippen molar-refractivity contribution in [3.8, 4) is 0 Å². The van der Waals surface area contributed by atoms with Crippen molar-refractivity contribution in [2.45, 2.75) is 80.9 Å². The van der Waals surface area contributed by atoms with Crippen LogP contribution in [0.15, 0.2) is 0 Å². The molecule has 6 rings (SSSR count). The molecule has 162 valence electrons. The standard InChI is InChI=1S/C17H29NO10/c1-7(21)18-11-12(22)8-3-2-4-25-16-10(6-20)27-17(14(24)13(16)23)28-15(11)9(5-19)26-8/h8-17,19-20,22-24H,2-6H2,1H3,(H,18,21)/t8-,9-,10-,11+,12-,13-,14-,15-,16-,17?/m1/s1. The predicted octanol–water partition coefficient (Wildman–Crippen LogP) is -3.39. The lowest BCUT2D eigenvalue weighted by atomic mass is 9.90. The van der Waals surface area contributed by atoms with Gasteiger partial charge in [0.25, 0.3) is 0 Å². The summed E-state index contributed by atoms with van der Waals surface area (Å²) < 4.78 is 22.8. The van der Waals surface area contributed by atoms with E-state index in [4.69, 9.17) is 18.9 Å². The van der Waals surface area contributed by atoms with Crippen molar-refractivity contribution < 1.29 is 49.3 Å². The fourth-order valence-corrected chi connectivity index (χ4v) is 4.03. The molecular weight excluding hydrogens is 378 g/mol. The van der Waals surface area contributed by atoms with E-state index in [9.17, 15) is 30.3 Å². The van der Waals surface area contributed by atoms with E-state index in [1.165, 1.54) is 6.92 Å². The van der Waals surface area contributed by atoms with Crippen LogP contribution in [0, 0.1) is 0 Å². The number of hydrogen-bond donors (Lipinski definition) is 6. The van der Waals surface area contributed by atoms with E-state index >= 15 is 0 Å². The molecule has 28 heavy (non-hydrogen) atoms. The highest BCUT2D eigenvalue weighted by molar-refractivity contribution is 5.73. The van der Waals surface area contributed by atoms with Crippen LogP contribution in [0.5, 0.6) is 0 Å². The minimum atomic E-state index is -1.51. The predicted molar refractivity (Wildman–Crippen MR) is 91.0 cm³/mol. The Morgan fingerprint density at radius 2 is 1.64 bits per heavy atom. The van der Waals surface area contributed by atoms with Crippen LogP contribution in [0.3, 0.4) is 0 Å². The molecule has 0 aromatic rings. The number of aliphatic hydroxyl groups is 5. The molecule has 0 saturated carbocycles. The number of amides is 1. The van der Waals surface area contributed by atoms with Crippen molar-refractivity contribution in [2.24, 2.45) is 0 Å². The Bertz CT molecular complexity index is 534. The number of ether oxygens (including phenoxy) is 4. The van der Waals surface area contributed by atoms with Gasteiger partial charge in [-0.25, -0.2) is 0 Å². The zero-order valence-electron chi connectivity index (χ0n) is 15.6. The zero-order valence-corrected chi connectivity index (χ0v) is 15.6. The van der Waals surface area contributed by atoms with Crippen LogP contribution in [0.4, 0.5) is 0 Å². The second-order valence-corrected chi connectivity index (χ2v) is 7.40. The molecule has 0 aliphatic carbocycles. The summed E-state index contributed by atoms with van der Waals surface area (Å²) in [5, 5.41) is 53.6. The molecule has 0 radical (unpaired) electrons. The van der Waals surface area contributed by atoms with Crippen molar-refractivity contribution >= 4 is 5.91 Å². The van der Waals surface area contributed by atoms with Gasteiger partial charge in [0, 0.05) is 13.5 Å². The monoisotopic (exact) mass is 407 g/mol. The molecule has 11 nitrogen and oxygen atoms in total. The molecular formula is C17H29NO10. The van der Waals surface area contributed by atoms with Gasteiger partial charge in [-0.3, -0.25) is 4.79 Å². The van der Waals surface area contributed by atoms with Crippen molar-refractivity contribution in [2.75, 3.05) is 19.8 Å². The Kier molecular flexibility index (Phi) is 7.23. The Balaban J connectivity index is 1.94. The molecule has 1 amide bonds. The summed E-state index contributed by atoms with van der Waals surface area (Å²) in [6, 6.07) is -0.937. The number of nitrogens with one attached hydrogen (secondary N) is 1. The van der Waals surface area contributed by atoms with Gasteiger partial charge in [-0.05, 0) is 12.8 Å². The van der Waals surface area contributed by atoms with Gasteiger partial charge in [-0.1, -0.05) is 0 Å². The maximum Gasteiger partial charge on any atom is 0.217 e. The Labute approximate surface area is 162 Å². The van der Waals surface area contributed by atoms with E-state index in [1.54, 1.807) is 0 Å². The number of hydrogen-bond acceptors (Lipinski definition) is 10. The van der Waals surface area contributed by atoms with Crippen molar-refractivity contribution in [3.05, 3.63) is 0 Å². The Morgan fingerprint density at radius 1 is 0.964 bits per heavy atom. The maximum atomic E-state index is 11.7. The van der Waals surface area contributed by atoms with Gasteiger partial charge in [0.2, 0.25) is 5.91 Å². The minimum Gasteiger partial charge on any atom is -0.394 e. The van der Waals surface area contributed by atoms with Crippen LogP contribution < -0.4 is 5.32 Å². The average molecular weight is 407 g/mol. The van der Waals surface area contributed by atoms with Crippen molar-refractivity contribution in [3.63, 3.8) is 0 Å². The highest BCUT2D eigenvalue weighted by atomic mass is 16.7. The summed E-state index contributed by atoms with van der Waals surface area (Å²) in [6.45, 7) is 0.508. The minimum absolute atomic E-state index is 0.157. The van der Waals surface area contributed by atoms with Gasteiger partial charge in [-0.2, -0.15) is 0 Å². The van der Waals surface area contributed by atoms with Crippen LogP contribution in [-0.4, -0.2) is 112 Å². The lowest BCUT2D eigenvalue weighted by Gasteiger charge is -2.47. The lowest BCUT2D eigenvalue weighted by Crippen LogP contribution is -2.67. The fourth-order valence-electron chi connectivity index (χ4n) is 4.03. The normalized spacial score (nSPS) is 47.1. The van der Waals surface area contributed by atoms with Crippen LogP contribution >= 0.6 is 0 Å². The quantitative estimate of drug-likeness (QED) is 0.278. The first-order chi connectivity index (χ1) is 13.4. The SMILES string of the molecule is CC(=O)N[C@H]1[C@H](O)[C@H]2CCCO[C@H]3[C@H](O)[C@@H](O)C(O[C@@H]1[C@@H](CO)O2)O[C@@H]3CO. The third-order valence-electron chi connectivity index (χ3n) is 5.42. The maximum absolute atomic E-state index is 11.7. The van der Waals surface area contributed by atoms with Gasteiger partial charge in [0.1, 0.15) is 42.7 Å². The van der Waals surface area contributed by atoms with Gasteiger partial charge in [0.05, 0.1) is 25.4 Å². The van der Waals surface area contributed by atoms with Gasteiger partial charge < -0.3 is 49.8 Å². The summed E-state index contributed by atoms with van der Waals surface area (Å²) in [6.07, 6.45) is -9.19. The van der Waals surface area contributed by atoms with Crippen LogP contribution in [-0.2, 0) is 23.7 Å². The lowest BCUT2D eigenvalue weighted by molar-refractivity contribution is -0.334. The van der Waals surface area contributed by atoms with Gasteiger partial charge >= 0.3 is 0 Å². The molecule has 11 heteroatoms. The van der Waals surface area contributed by atoms with Gasteiger partial charge in [-0.15, -0.1) is 0 Å². The number of aliphatic hydroxyl groups excluding tert-OH is 5. The second-order valence-electron chi connectivity index (χ2n) is 7.40. The first kappa shape index (κ1) is 21.8. The molecule has 6 aliphatic rings. The molecule has 0 aromatic heterocycles. The third kappa shape index (κ3) is 4.32. The highest BCUT2D eigenvalue weighted by Gasteiger charge is 2.51. The molecule has 10 atom stereocenters. The topological polar surface area (TPSA) is 167 Å². The Hall–Kier alpha value is -0.890. The highest BCUT2D eigenvalue weighted by Crippen LogP contribution is 2.32. The molecule has 6 fully saturated rings. The van der Waals surface area contributed by atoms with Crippen LogP contribution in [0.1, 0.15) is 19.8 Å². The van der Waals surface area contributed by atoms with E-state index in [1.807, 2.05) is 0 Å². The molecule has 6 aliphatic heterocycles. The van der Waals surface area contributed by atoms with E-state index in [0.717, 1.165) is 0 Å². The number of carbonyl (C=O) groups is 1. The van der Waals surface area contributed by atoms with Crippen LogP contribution in [0.2, 0.25) is 0 Å². The summed E-state index contributed by atoms with van der Waals surface area (Å²) in [5.41, 5.74) is 0. The molecule has 1 unspecified atom stereocenters. The summed E-state index contributed by atoms with van der Waals surface area (Å²) >= 11 is 0. The summed E-state index contributed by atoms with van der Waals surface area (Å²) in [7, 11) is 0. The number of rotatable bonds is 3. The second kappa shape index (κ2) is 9.28. The Morgan fingerprint density at radius 3 is 2.29 bits per heavy atom. The smallest absolute Gasteiger partial charge is 0.217 e. The largest absolute Gasteiger partial charge is 0.394 e. The first-order valence-electron chi connectivity index (χ1n) is 9.48. The molecule has 0 spiro atoms. The van der Waals surface area contributed by atoms with Crippen LogP contribution in [0.25, 0.3) is 0 Å². The average Bonchev–Trinajstić information content (AvgIpc) is 2.69. The van der Waals surface area contributed by atoms with Gasteiger partial charge in [0.15, 0.2) is 6.29 Å². The van der Waals surface area contributed by atoms with E-state index in [0.29, 0.717) is 12.8 Å². The van der Waals surface area contributed by atoms with E-state index < -0.39 is 80.3 Å². The summed E-state index contributed by atoms with van der Waals surface area (Å²) in [4.78, 5) is 11.7. The molecule has 0 aromatic carbocycles. The molecule has 4 bridgehead atoms. The third-order valence-corrected chi connectivity index (χ3v) is 5.42. The zero-order chi connectivity index (χ0) is 20.4. The molecule has 6 N–H and O–H groups in total. The van der Waals surface area contributed by atoms with Crippen molar-refractivity contribution in [1.82, 2.24) is 5.32 Å². The van der Waals surface area contributed by atoms with E-state index in [-0.39, 0.29) is 6.61 Å². The summed E-state index contributed by atoms with van der Waals surface area (Å²) in [5.74, 6) is -0.416. The number of carbonyl (C=O) groups excluding carboxylic acids is 1. The molecule has 6 saturated heterocycles. The molecule has 6 heterocycles. The first-order valence-corrected chi connectivity index (χ1v) is 9.48. The van der Waals surface area contributed by atoms with Crippen molar-refractivity contribution in [1.29, 1.82) is 0 Å². The van der Waals surface area contributed by atoms with E-state index in [2.05, 4.69) is 5.32 Å².